The van der Waals surface area contributed by atoms with Crippen molar-refractivity contribution in [2.24, 2.45) is 0 Å². The van der Waals surface area contributed by atoms with E-state index in [1.807, 2.05) is 0 Å². The van der Waals surface area contributed by atoms with E-state index in [4.69, 9.17) is 9.47 Å². The molecule has 0 spiro atoms. The number of fused-ring (bicyclic) bond motifs is 2. The van der Waals surface area contributed by atoms with Crippen LogP contribution in [0.3, 0.4) is 0 Å². The van der Waals surface area contributed by atoms with Crippen LogP contribution in [0.15, 0.2) is 12.2 Å². The van der Waals surface area contributed by atoms with Gasteiger partial charge in [-0.2, -0.15) is 0 Å². The summed E-state index contributed by atoms with van der Waals surface area (Å²) in [6.45, 7) is 2.62. The van der Waals surface area contributed by atoms with Crippen molar-refractivity contribution in [3.05, 3.63) is 12.2 Å². The third-order valence-electron chi connectivity index (χ3n) is 3.25. The molecule has 1 N–H and O–H groups in total. The third kappa shape index (κ3) is 1.49. The number of rotatable bonds is 3. The second-order valence-electron chi connectivity index (χ2n) is 4.41. The summed E-state index contributed by atoms with van der Waals surface area (Å²) in [5.41, 5.74) is -0.612. The quantitative estimate of drug-likeness (QED) is 0.694. The lowest BCUT2D eigenvalue weighted by molar-refractivity contribution is -0.177. The Kier molecular flexibility index (Phi) is 2.41. The highest BCUT2D eigenvalue weighted by molar-refractivity contribution is 5.22. The van der Waals surface area contributed by atoms with Gasteiger partial charge in [0.1, 0.15) is 5.60 Å². The molecule has 0 aromatic rings. The molecular weight excluding hydrogens is 180 g/mol. The summed E-state index contributed by atoms with van der Waals surface area (Å²) in [6.07, 6.45) is 6.17. The number of aliphatic hydroxyl groups excluding tert-OH is 1. The lowest BCUT2D eigenvalue weighted by atomic mass is 9.88. The van der Waals surface area contributed by atoms with Crippen molar-refractivity contribution in [2.45, 2.75) is 43.5 Å². The van der Waals surface area contributed by atoms with Gasteiger partial charge in [0.15, 0.2) is 0 Å². The first-order valence-electron chi connectivity index (χ1n) is 5.21. The zero-order valence-corrected chi connectivity index (χ0v) is 8.82. The van der Waals surface area contributed by atoms with Crippen molar-refractivity contribution in [1.29, 1.82) is 0 Å². The molecule has 2 heterocycles. The lowest BCUT2D eigenvalue weighted by Gasteiger charge is -2.42. The van der Waals surface area contributed by atoms with E-state index in [-0.39, 0.29) is 17.3 Å². The number of aliphatic hydroxyl groups is 1. The molecule has 2 aliphatic rings. The lowest BCUT2D eigenvalue weighted by Crippen LogP contribution is -2.49. The molecule has 0 amide bonds. The van der Waals surface area contributed by atoms with Crippen LogP contribution in [0.5, 0.6) is 0 Å². The molecule has 0 aromatic carbocycles. The maximum atomic E-state index is 9.80. The Morgan fingerprint density at radius 1 is 1.43 bits per heavy atom. The molecule has 0 aromatic heterocycles. The van der Waals surface area contributed by atoms with Gasteiger partial charge in [0.2, 0.25) is 0 Å². The maximum Gasteiger partial charge on any atom is 0.113 e. The Labute approximate surface area is 84.7 Å². The van der Waals surface area contributed by atoms with Crippen LogP contribution >= 0.6 is 0 Å². The zero-order valence-electron chi connectivity index (χ0n) is 8.82. The fourth-order valence-corrected chi connectivity index (χ4v) is 2.58. The molecule has 0 aliphatic carbocycles. The van der Waals surface area contributed by atoms with E-state index in [1.165, 1.54) is 0 Å². The van der Waals surface area contributed by atoms with Gasteiger partial charge in [-0.15, -0.1) is 0 Å². The number of hydrogen-bond acceptors (Lipinski definition) is 3. The molecule has 0 unspecified atom stereocenters. The van der Waals surface area contributed by atoms with Gasteiger partial charge < -0.3 is 14.6 Å². The molecule has 3 nitrogen and oxygen atoms in total. The van der Waals surface area contributed by atoms with E-state index < -0.39 is 0 Å². The van der Waals surface area contributed by atoms with Gasteiger partial charge >= 0.3 is 0 Å². The summed E-state index contributed by atoms with van der Waals surface area (Å²) >= 11 is 0. The minimum atomic E-state index is -0.373. The van der Waals surface area contributed by atoms with Crippen LogP contribution in [0.1, 0.15) is 26.2 Å². The molecule has 80 valence electrons. The summed E-state index contributed by atoms with van der Waals surface area (Å²) in [5, 5.41) is 9.80. The molecule has 2 aliphatic heterocycles. The average Bonchev–Trinajstić information content (AvgIpc) is 2.40. The molecule has 0 saturated carbocycles. The Balaban J connectivity index is 2.20. The first kappa shape index (κ1) is 10.1. The molecule has 2 rings (SSSR count). The standard InChI is InChI=1S/C11H18O3/c1-3-10-4-5-11(14-10,8-13-2)7-9(12)6-10/h4-5,9,12H,3,6-8H2,1-2H3/t9-,10+,11-/m1/s1. The van der Waals surface area contributed by atoms with Crippen molar-refractivity contribution >= 4 is 0 Å². The molecule has 0 radical (unpaired) electrons. The smallest absolute Gasteiger partial charge is 0.113 e. The average molecular weight is 198 g/mol. The van der Waals surface area contributed by atoms with Crippen LogP contribution in [0.4, 0.5) is 0 Å². The van der Waals surface area contributed by atoms with Gasteiger partial charge in [0.25, 0.3) is 0 Å². The Bertz CT molecular complexity index is 251. The van der Waals surface area contributed by atoms with Gasteiger partial charge in [0.05, 0.1) is 18.3 Å². The number of hydrogen-bond donors (Lipinski definition) is 1. The Morgan fingerprint density at radius 3 is 2.71 bits per heavy atom. The number of ether oxygens (including phenoxy) is 2. The number of methoxy groups -OCH3 is 1. The normalized spacial score (nSPS) is 45.8. The van der Waals surface area contributed by atoms with E-state index >= 15 is 0 Å². The first-order chi connectivity index (χ1) is 6.64. The highest BCUT2D eigenvalue weighted by Crippen LogP contribution is 2.44. The van der Waals surface area contributed by atoms with Crippen LogP contribution in [0, 0.1) is 0 Å². The maximum absolute atomic E-state index is 9.80. The minimum absolute atomic E-state index is 0.240. The zero-order chi connectivity index (χ0) is 10.2. The Morgan fingerprint density at radius 2 is 2.07 bits per heavy atom. The Hall–Kier alpha value is -0.380. The monoisotopic (exact) mass is 198 g/mol. The first-order valence-corrected chi connectivity index (χ1v) is 5.21. The van der Waals surface area contributed by atoms with Crippen LogP contribution in [0.25, 0.3) is 0 Å². The topological polar surface area (TPSA) is 38.7 Å². The van der Waals surface area contributed by atoms with Gasteiger partial charge in [-0.1, -0.05) is 19.1 Å². The molecule has 3 heteroatoms. The second kappa shape index (κ2) is 3.33. The van der Waals surface area contributed by atoms with Gasteiger partial charge in [0, 0.05) is 20.0 Å². The molecule has 2 bridgehead atoms. The second-order valence-corrected chi connectivity index (χ2v) is 4.41. The van der Waals surface area contributed by atoms with Crippen molar-refractivity contribution in [1.82, 2.24) is 0 Å². The summed E-state index contributed by atoms with van der Waals surface area (Å²) in [5.74, 6) is 0. The molecule has 1 fully saturated rings. The summed E-state index contributed by atoms with van der Waals surface area (Å²) in [7, 11) is 1.67. The van der Waals surface area contributed by atoms with E-state index in [0.29, 0.717) is 19.4 Å². The molecule has 14 heavy (non-hydrogen) atoms. The SMILES string of the molecule is CC[C@]12C=C[C@](COC)(C[C@H](O)C1)O2. The van der Waals surface area contributed by atoms with E-state index in [9.17, 15) is 5.11 Å². The van der Waals surface area contributed by atoms with Gasteiger partial charge in [-0.05, 0) is 6.42 Å². The van der Waals surface area contributed by atoms with Crippen molar-refractivity contribution < 1.29 is 14.6 Å². The highest BCUT2D eigenvalue weighted by atomic mass is 16.6. The van der Waals surface area contributed by atoms with Crippen LogP contribution in [0.2, 0.25) is 0 Å². The minimum Gasteiger partial charge on any atom is -0.393 e. The van der Waals surface area contributed by atoms with Crippen molar-refractivity contribution in [2.75, 3.05) is 13.7 Å². The fourth-order valence-electron chi connectivity index (χ4n) is 2.58. The van der Waals surface area contributed by atoms with Crippen LogP contribution in [-0.2, 0) is 9.47 Å². The van der Waals surface area contributed by atoms with Crippen LogP contribution < -0.4 is 0 Å². The molecular formula is C11H18O3. The predicted molar refractivity (Wildman–Crippen MR) is 53.1 cm³/mol. The third-order valence-corrected chi connectivity index (χ3v) is 3.25. The summed E-state index contributed by atoms with van der Waals surface area (Å²) in [6, 6.07) is 0. The van der Waals surface area contributed by atoms with Gasteiger partial charge in [-0.25, -0.2) is 0 Å². The van der Waals surface area contributed by atoms with E-state index in [2.05, 4.69) is 19.1 Å². The highest BCUT2D eigenvalue weighted by Gasteiger charge is 2.50. The summed E-state index contributed by atoms with van der Waals surface area (Å²) in [4.78, 5) is 0. The van der Waals surface area contributed by atoms with E-state index in [0.717, 1.165) is 6.42 Å². The van der Waals surface area contributed by atoms with E-state index in [1.54, 1.807) is 7.11 Å². The van der Waals surface area contributed by atoms with Crippen molar-refractivity contribution in [3.63, 3.8) is 0 Å². The van der Waals surface area contributed by atoms with Gasteiger partial charge in [-0.3, -0.25) is 0 Å². The van der Waals surface area contributed by atoms with Crippen molar-refractivity contribution in [3.8, 4) is 0 Å². The summed E-state index contributed by atoms with van der Waals surface area (Å²) < 4.78 is 11.2. The largest absolute Gasteiger partial charge is 0.393 e. The fraction of sp³-hybridized carbons (Fsp3) is 0.818. The molecule has 1 saturated heterocycles. The van der Waals surface area contributed by atoms with Crippen LogP contribution in [-0.4, -0.2) is 36.1 Å². The predicted octanol–water partition coefficient (Wildman–Crippen LogP) is 1.26. The molecule has 3 atom stereocenters.